The van der Waals surface area contributed by atoms with Crippen LogP contribution >= 0.6 is 15.9 Å². The Morgan fingerprint density at radius 3 is 2.55 bits per heavy atom. The van der Waals surface area contributed by atoms with Gasteiger partial charge in [-0.3, -0.25) is 9.48 Å². The Hall–Kier alpha value is -0.680. The lowest BCUT2D eigenvalue weighted by molar-refractivity contribution is -0.123. The number of hydrogen-bond donors (Lipinski definition) is 1. The van der Waals surface area contributed by atoms with Crippen LogP contribution in [0.4, 0.5) is 0 Å². The van der Waals surface area contributed by atoms with Gasteiger partial charge in [0.25, 0.3) is 0 Å². The van der Waals surface area contributed by atoms with Gasteiger partial charge >= 0.3 is 0 Å². The summed E-state index contributed by atoms with van der Waals surface area (Å²) in [7, 11) is 0. The first-order chi connectivity index (χ1) is 9.56. The molecule has 2 N–H and O–H groups in total. The first-order valence-corrected chi connectivity index (χ1v) is 8.38. The highest BCUT2D eigenvalue weighted by Crippen LogP contribution is 2.28. The van der Waals surface area contributed by atoms with Crippen LogP contribution in [0.5, 0.6) is 0 Å². The van der Waals surface area contributed by atoms with Gasteiger partial charge in [-0.05, 0) is 55.0 Å². The molecule has 0 aliphatic heterocycles. The van der Waals surface area contributed by atoms with Crippen molar-refractivity contribution in [3.63, 3.8) is 0 Å². The summed E-state index contributed by atoms with van der Waals surface area (Å²) in [6.07, 6.45) is 5.21. The highest BCUT2D eigenvalue weighted by atomic mass is 79.9. The summed E-state index contributed by atoms with van der Waals surface area (Å²) in [6, 6.07) is 0.290. The van der Waals surface area contributed by atoms with Gasteiger partial charge in [0.2, 0.25) is 0 Å². The zero-order chi connectivity index (χ0) is 14.7. The van der Waals surface area contributed by atoms with Crippen molar-refractivity contribution >= 4 is 21.7 Å². The van der Waals surface area contributed by atoms with Gasteiger partial charge in [0.15, 0.2) is 0 Å². The molecule has 1 heterocycles. The third-order valence-electron chi connectivity index (χ3n) is 4.26. The Morgan fingerprint density at radius 2 is 2.00 bits per heavy atom. The van der Waals surface area contributed by atoms with Crippen LogP contribution in [0.15, 0.2) is 4.47 Å². The maximum absolute atomic E-state index is 12.5. The summed E-state index contributed by atoms with van der Waals surface area (Å²) in [4.78, 5) is 12.5. The second-order valence-corrected chi connectivity index (χ2v) is 6.42. The Kier molecular flexibility index (Phi) is 5.38. The van der Waals surface area contributed by atoms with Crippen LogP contribution in [0.2, 0.25) is 0 Å². The molecule has 0 spiro atoms. The zero-order valence-corrected chi connectivity index (χ0v) is 13.9. The Labute approximate surface area is 129 Å². The maximum atomic E-state index is 12.5. The molecule has 0 bridgehead atoms. The molecule has 1 aliphatic carbocycles. The van der Waals surface area contributed by atoms with Crippen molar-refractivity contribution in [2.45, 2.75) is 65.0 Å². The van der Waals surface area contributed by atoms with Gasteiger partial charge in [-0.25, -0.2) is 0 Å². The van der Waals surface area contributed by atoms with E-state index in [-0.39, 0.29) is 5.92 Å². The van der Waals surface area contributed by atoms with E-state index < -0.39 is 0 Å². The first-order valence-electron chi connectivity index (χ1n) is 7.59. The molecule has 1 fully saturated rings. The van der Waals surface area contributed by atoms with Crippen LogP contribution in [0.3, 0.4) is 0 Å². The minimum Gasteiger partial charge on any atom is -0.328 e. The quantitative estimate of drug-likeness (QED) is 0.895. The molecule has 1 aliphatic rings. The minimum atomic E-state index is 0.187. The third-order valence-corrected chi connectivity index (χ3v) is 5.18. The average Bonchev–Trinajstić information content (AvgIpc) is 2.76. The predicted octanol–water partition coefficient (Wildman–Crippen LogP) is 2.86. The highest BCUT2D eigenvalue weighted by molar-refractivity contribution is 9.10. The first kappa shape index (κ1) is 15.7. The maximum Gasteiger partial charge on any atom is 0.141 e. The van der Waals surface area contributed by atoms with Gasteiger partial charge in [-0.1, -0.05) is 6.92 Å². The van der Waals surface area contributed by atoms with Crippen molar-refractivity contribution in [1.82, 2.24) is 9.78 Å². The minimum absolute atomic E-state index is 0.187. The highest BCUT2D eigenvalue weighted by Gasteiger charge is 2.26. The molecule has 20 heavy (non-hydrogen) atoms. The van der Waals surface area contributed by atoms with E-state index in [1.54, 1.807) is 0 Å². The predicted molar refractivity (Wildman–Crippen MR) is 83.6 cm³/mol. The second kappa shape index (κ2) is 6.85. The molecule has 0 amide bonds. The van der Waals surface area contributed by atoms with Crippen LogP contribution < -0.4 is 5.73 Å². The summed E-state index contributed by atoms with van der Waals surface area (Å²) >= 11 is 3.61. The SMILES string of the molecule is CCc1nn(CC)c(CC(=O)C2CCC(N)CC2)c1Br. The molecule has 2 rings (SSSR count). The smallest absolute Gasteiger partial charge is 0.141 e. The summed E-state index contributed by atoms with van der Waals surface area (Å²) in [5.41, 5.74) is 7.98. The number of Topliss-reactive ketones (excluding diaryl/α,β-unsaturated/α-hetero) is 1. The van der Waals surface area contributed by atoms with Crippen LogP contribution in [0.25, 0.3) is 0 Å². The summed E-state index contributed by atoms with van der Waals surface area (Å²) in [5.74, 6) is 0.529. The summed E-state index contributed by atoms with van der Waals surface area (Å²) in [6.45, 7) is 4.95. The van der Waals surface area contributed by atoms with Crippen LogP contribution in [0.1, 0.15) is 50.9 Å². The standard InChI is InChI=1S/C15H24BrN3O/c1-3-12-15(16)13(19(4-2)18-12)9-14(20)10-5-7-11(17)8-6-10/h10-11H,3-9,17H2,1-2H3. The molecule has 5 heteroatoms. The van der Waals surface area contributed by atoms with Crippen molar-refractivity contribution in [3.8, 4) is 0 Å². The van der Waals surface area contributed by atoms with Gasteiger partial charge in [-0.15, -0.1) is 0 Å². The normalized spacial score (nSPS) is 23.0. The van der Waals surface area contributed by atoms with Crippen LogP contribution in [0, 0.1) is 5.92 Å². The fourth-order valence-corrected chi connectivity index (χ4v) is 3.64. The van der Waals surface area contributed by atoms with Gasteiger partial charge in [0, 0.05) is 24.9 Å². The van der Waals surface area contributed by atoms with E-state index >= 15 is 0 Å². The van der Waals surface area contributed by atoms with Gasteiger partial charge in [-0.2, -0.15) is 5.10 Å². The largest absolute Gasteiger partial charge is 0.328 e. The molecule has 4 nitrogen and oxygen atoms in total. The molecular formula is C15H24BrN3O. The zero-order valence-electron chi connectivity index (χ0n) is 12.4. The Morgan fingerprint density at radius 1 is 1.35 bits per heavy atom. The number of ketones is 1. The Balaban J connectivity index is 2.09. The number of carbonyl (C=O) groups excluding carboxylic acids is 1. The lowest BCUT2D eigenvalue weighted by Crippen LogP contribution is -2.30. The van der Waals surface area contributed by atoms with E-state index in [4.69, 9.17) is 5.73 Å². The van der Waals surface area contributed by atoms with Gasteiger partial charge in [0.1, 0.15) is 5.78 Å². The van der Waals surface area contributed by atoms with Crippen molar-refractivity contribution in [2.24, 2.45) is 11.7 Å². The molecule has 0 unspecified atom stereocenters. The molecule has 0 aromatic carbocycles. The van der Waals surface area contributed by atoms with E-state index in [9.17, 15) is 4.79 Å². The fraction of sp³-hybridized carbons (Fsp3) is 0.733. The van der Waals surface area contributed by atoms with E-state index in [0.717, 1.165) is 54.5 Å². The topological polar surface area (TPSA) is 60.9 Å². The fourth-order valence-electron chi connectivity index (χ4n) is 2.94. The third kappa shape index (κ3) is 3.31. The van der Waals surface area contributed by atoms with Crippen molar-refractivity contribution in [2.75, 3.05) is 0 Å². The van der Waals surface area contributed by atoms with Crippen LogP contribution in [-0.4, -0.2) is 21.6 Å². The number of nitrogens with two attached hydrogens (primary N) is 1. The number of halogens is 1. The molecule has 0 radical (unpaired) electrons. The second-order valence-electron chi connectivity index (χ2n) is 5.63. The van der Waals surface area contributed by atoms with Crippen molar-refractivity contribution in [3.05, 3.63) is 15.9 Å². The van der Waals surface area contributed by atoms with E-state index in [2.05, 4.69) is 34.9 Å². The average molecular weight is 342 g/mol. The number of nitrogens with zero attached hydrogens (tertiary/aromatic N) is 2. The van der Waals surface area contributed by atoms with E-state index in [1.165, 1.54) is 0 Å². The number of carbonyl (C=O) groups is 1. The molecule has 1 aromatic heterocycles. The monoisotopic (exact) mass is 341 g/mol. The van der Waals surface area contributed by atoms with Crippen LogP contribution in [-0.2, 0) is 24.2 Å². The van der Waals surface area contributed by atoms with Crippen molar-refractivity contribution < 1.29 is 4.79 Å². The van der Waals surface area contributed by atoms with Crippen molar-refractivity contribution in [1.29, 1.82) is 0 Å². The molecule has 1 aromatic rings. The molecule has 112 valence electrons. The summed E-state index contributed by atoms with van der Waals surface area (Å²) < 4.78 is 2.97. The lowest BCUT2D eigenvalue weighted by atomic mass is 9.82. The van der Waals surface area contributed by atoms with Gasteiger partial charge < -0.3 is 5.73 Å². The molecule has 0 saturated heterocycles. The van der Waals surface area contributed by atoms with E-state index in [0.29, 0.717) is 18.2 Å². The Bertz CT molecular complexity index is 476. The lowest BCUT2D eigenvalue weighted by Gasteiger charge is -2.25. The molecular weight excluding hydrogens is 318 g/mol. The number of hydrogen-bond acceptors (Lipinski definition) is 3. The molecule has 1 saturated carbocycles. The summed E-state index contributed by atoms with van der Waals surface area (Å²) in [5, 5.41) is 4.55. The number of aryl methyl sites for hydroxylation is 2. The van der Waals surface area contributed by atoms with E-state index in [1.807, 2.05) is 4.68 Å². The molecule has 0 atom stereocenters. The van der Waals surface area contributed by atoms with Gasteiger partial charge in [0.05, 0.1) is 15.9 Å². The number of aromatic nitrogens is 2. The number of rotatable bonds is 5.